The first-order valence-corrected chi connectivity index (χ1v) is 7.52. The Bertz CT molecular complexity index is 968. The van der Waals surface area contributed by atoms with E-state index < -0.39 is 0 Å². The lowest BCUT2D eigenvalue weighted by Crippen LogP contribution is -2.05. The van der Waals surface area contributed by atoms with Gasteiger partial charge < -0.3 is 5.73 Å². The number of nitrogens with two attached hydrogens (primary N) is 1. The Hall–Kier alpha value is -2.95. The van der Waals surface area contributed by atoms with Crippen LogP contribution < -0.4 is 5.73 Å². The van der Waals surface area contributed by atoms with Gasteiger partial charge in [0.15, 0.2) is 11.6 Å². The number of aromatic nitrogens is 2. The zero-order valence-electron chi connectivity index (χ0n) is 12.8. The van der Waals surface area contributed by atoms with Crippen LogP contribution in [0.5, 0.6) is 0 Å². The number of benzene rings is 2. The van der Waals surface area contributed by atoms with Crippen LogP contribution in [0, 0.1) is 0 Å². The van der Waals surface area contributed by atoms with Crippen LogP contribution in [0.15, 0.2) is 41.4 Å². The number of aliphatic imine (C=N–C) groups is 1. The van der Waals surface area contributed by atoms with Crippen molar-refractivity contribution in [2.45, 2.75) is 19.9 Å². The van der Waals surface area contributed by atoms with E-state index in [1.165, 1.54) is 0 Å². The lowest BCUT2D eigenvalue weighted by molar-refractivity contribution is 0.0993. The van der Waals surface area contributed by atoms with Crippen LogP contribution in [0.3, 0.4) is 0 Å². The zero-order valence-corrected chi connectivity index (χ0v) is 12.8. The molecule has 5 heteroatoms. The van der Waals surface area contributed by atoms with Gasteiger partial charge in [-0.25, -0.2) is 0 Å². The summed E-state index contributed by atoms with van der Waals surface area (Å²) in [5, 5.41) is 7.69. The maximum absolute atomic E-state index is 12.6. The maximum atomic E-state index is 12.6. The van der Waals surface area contributed by atoms with Gasteiger partial charge in [-0.1, -0.05) is 18.2 Å². The third-order valence-corrected chi connectivity index (χ3v) is 4.32. The summed E-state index contributed by atoms with van der Waals surface area (Å²) in [6.07, 6.45) is 0.346. The summed E-state index contributed by atoms with van der Waals surface area (Å²) in [6.45, 7) is 2.66. The Balaban J connectivity index is 1.61. The molecule has 1 aliphatic heterocycles. The average Bonchev–Trinajstić information content (AvgIpc) is 3.11. The minimum Gasteiger partial charge on any atom is -0.382 e. The molecule has 0 bridgehead atoms. The molecule has 4 rings (SSSR count). The number of carbonyl (C=O) groups is 1. The molecule has 0 fully saturated rings. The molecule has 0 atom stereocenters. The summed E-state index contributed by atoms with van der Waals surface area (Å²) in [7, 11) is 0. The Kier molecular flexibility index (Phi) is 3.01. The number of nitrogen functional groups attached to an aromatic ring is 1. The Morgan fingerprint density at radius 2 is 2.13 bits per heavy atom. The van der Waals surface area contributed by atoms with Crippen LogP contribution in [-0.4, -0.2) is 21.7 Å². The third kappa shape index (κ3) is 2.30. The quantitative estimate of drug-likeness (QED) is 0.730. The molecule has 2 aromatic carbocycles. The molecular formula is C18H16N4O. The van der Waals surface area contributed by atoms with E-state index >= 15 is 0 Å². The number of carbonyl (C=O) groups excluding carboxylic acids is 1. The molecule has 114 valence electrons. The van der Waals surface area contributed by atoms with Gasteiger partial charge in [-0.05, 0) is 36.2 Å². The predicted molar refractivity (Wildman–Crippen MR) is 90.9 cm³/mol. The molecular weight excluding hydrogens is 288 g/mol. The highest BCUT2D eigenvalue weighted by Crippen LogP contribution is 2.23. The maximum Gasteiger partial charge on any atom is 0.167 e. The molecule has 3 aromatic rings. The van der Waals surface area contributed by atoms with E-state index in [9.17, 15) is 4.79 Å². The fourth-order valence-electron chi connectivity index (χ4n) is 3.02. The average molecular weight is 304 g/mol. The predicted octanol–water partition coefficient (Wildman–Crippen LogP) is 2.89. The van der Waals surface area contributed by atoms with Gasteiger partial charge in [-0.2, -0.15) is 5.10 Å². The van der Waals surface area contributed by atoms with Gasteiger partial charge in [-0.15, -0.1) is 0 Å². The fraction of sp³-hybridized carbons (Fsp3) is 0.167. The second-order valence-corrected chi connectivity index (χ2v) is 5.86. The summed E-state index contributed by atoms with van der Waals surface area (Å²) in [5.74, 6) is 0.554. The summed E-state index contributed by atoms with van der Waals surface area (Å²) in [6, 6.07) is 11.6. The number of hydrogen-bond donors (Lipinski definition) is 2. The number of ketones is 1. The number of H-pyrrole nitrogens is 1. The molecule has 0 unspecified atom stereocenters. The summed E-state index contributed by atoms with van der Waals surface area (Å²) >= 11 is 0. The minimum absolute atomic E-state index is 0.0961. The van der Waals surface area contributed by atoms with Crippen molar-refractivity contribution in [3.05, 3.63) is 58.7 Å². The van der Waals surface area contributed by atoms with Gasteiger partial charge in [0, 0.05) is 28.6 Å². The van der Waals surface area contributed by atoms with E-state index in [-0.39, 0.29) is 5.78 Å². The highest BCUT2D eigenvalue weighted by Gasteiger charge is 2.15. The van der Waals surface area contributed by atoms with E-state index in [1.54, 1.807) is 0 Å². The first kappa shape index (κ1) is 13.7. The number of aromatic amines is 1. The van der Waals surface area contributed by atoms with Crippen molar-refractivity contribution in [2.24, 2.45) is 4.99 Å². The summed E-state index contributed by atoms with van der Waals surface area (Å²) in [4.78, 5) is 17.0. The number of fused-ring (bicyclic) bond motifs is 2. The minimum atomic E-state index is 0.0961. The second-order valence-electron chi connectivity index (χ2n) is 5.86. The molecule has 0 saturated carbocycles. The normalized spacial score (nSPS) is 13.2. The van der Waals surface area contributed by atoms with Crippen molar-refractivity contribution < 1.29 is 4.79 Å². The first-order chi connectivity index (χ1) is 11.1. The lowest BCUT2D eigenvalue weighted by atomic mass is 9.97. The third-order valence-electron chi connectivity index (χ3n) is 4.32. The smallest absolute Gasteiger partial charge is 0.167 e. The Morgan fingerprint density at radius 3 is 3.00 bits per heavy atom. The highest BCUT2D eigenvalue weighted by atomic mass is 16.1. The monoisotopic (exact) mass is 304 g/mol. The van der Waals surface area contributed by atoms with Gasteiger partial charge in [0.2, 0.25) is 0 Å². The molecule has 0 saturated heterocycles. The van der Waals surface area contributed by atoms with Crippen LogP contribution in [0.1, 0.15) is 34.0 Å². The molecule has 23 heavy (non-hydrogen) atoms. The zero-order chi connectivity index (χ0) is 16.0. The van der Waals surface area contributed by atoms with Crippen LogP contribution in [-0.2, 0) is 13.0 Å². The van der Waals surface area contributed by atoms with E-state index in [0.717, 1.165) is 38.9 Å². The van der Waals surface area contributed by atoms with E-state index in [2.05, 4.69) is 15.2 Å². The highest BCUT2D eigenvalue weighted by molar-refractivity contribution is 6.04. The van der Waals surface area contributed by atoms with Gasteiger partial charge in [0.25, 0.3) is 0 Å². The van der Waals surface area contributed by atoms with Crippen molar-refractivity contribution in [3.63, 3.8) is 0 Å². The molecule has 0 spiro atoms. The van der Waals surface area contributed by atoms with Gasteiger partial charge in [-0.3, -0.25) is 14.9 Å². The Labute approximate surface area is 133 Å². The lowest BCUT2D eigenvalue weighted by Gasteiger charge is -2.05. The van der Waals surface area contributed by atoms with Gasteiger partial charge in [0.05, 0.1) is 12.1 Å². The van der Waals surface area contributed by atoms with Crippen molar-refractivity contribution in [2.75, 3.05) is 5.73 Å². The van der Waals surface area contributed by atoms with Crippen molar-refractivity contribution in [1.82, 2.24) is 10.2 Å². The SMILES string of the molecule is CC1=NCc2cc(C(=O)Cc3ccc4[nH]nc(N)c4c3)ccc21. The van der Waals surface area contributed by atoms with Crippen molar-refractivity contribution in [1.29, 1.82) is 0 Å². The number of nitrogens with zero attached hydrogens (tertiary/aromatic N) is 2. The number of rotatable bonds is 3. The largest absolute Gasteiger partial charge is 0.382 e. The summed E-state index contributed by atoms with van der Waals surface area (Å²) < 4.78 is 0. The van der Waals surface area contributed by atoms with Crippen LogP contribution in [0.4, 0.5) is 5.82 Å². The number of nitrogens with one attached hydrogen (secondary N) is 1. The second kappa shape index (κ2) is 5.05. The molecule has 3 N–H and O–H groups in total. The van der Waals surface area contributed by atoms with Crippen LogP contribution in [0.25, 0.3) is 10.9 Å². The molecule has 0 amide bonds. The van der Waals surface area contributed by atoms with Crippen molar-refractivity contribution >= 4 is 28.2 Å². The number of anilines is 1. The fourth-order valence-corrected chi connectivity index (χ4v) is 3.02. The Morgan fingerprint density at radius 1 is 1.26 bits per heavy atom. The molecule has 1 aliphatic rings. The number of Topliss-reactive ketones (excluding diaryl/α,β-unsaturated/α-hetero) is 1. The van der Waals surface area contributed by atoms with Gasteiger partial charge in [0.1, 0.15) is 0 Å². The molecule has 5 nitrogen and oxygen atoms in total. The van der Waals surface area contributed by atoms with E-state index in [0.29, 0.717) is 18.8 Å². The first-order valence-electron chi connectivity index (χ1n) is 7.52. The van der Waals surface area contributed by atoms with Gasteiger partial charge >= 0.3 is 0 Å². The number of hydrogen-bond acceptors (Lipinski definition) is 4. The molecule has 0 aliphatic carbocycles. The topological polar surface area (TPSA) is 84.1 Å². The van der Waals surface area contributed by atoms with Crippen molar-refractivity contribution in [3.8, 4) is 0 Å². The summed E-state index contributed by atoms with van der Waals surface area (Å²) in [5.41, 5.74) is 11.7. The van der Waals surface area contributed by atoms with E-state index in [1.807, 2.05) is 43.3 Å². The molecule has 1 aromatic heterocycles. The molecule has 0 radical (unpaired) electrons. The van der Waals surface area contributed by atoms with E-state index in [4.69, 9.17) is 5.73 Å². The molecule has 2 heterocycles. The van der Waals surface area contributed by atoms with Crippen LogP contribution >= 0.6 is 0 Å². The van der Waals surface area contributed by atoms with Crippen LogP contribution in [0.2, 0.25) is 0 Å². The standard InChI is InChI=1S/C18H16N4O/c1-10-14-4-3-12(8-13(14)9-20-10)17(23)7-11-2-5-16-15(6-11)18(19)22-21-16/h2-6,8H,7,9H2,1H3,(H3,19,21,22).